The number of hydrogen-bond donors (Lipinski definition) is 0. The maximum atomic E-state index is 13.1. The molecule has 0 N–H and O–H groups in total. The molecule has 0 aliphatic rings. The summed E-state index contributed by atoms with van der Waals surface area (Å²) in [5.74, 6) is 0.154. The van der Waals surface area contributed by atoms with E-state index in [1.807, 2.05) is 48.7 Å². The number of thioether (sulfide) groups is 1. The number of carbonyl (C=O) groups excluding carboxylic acids is 1. The summed E-state index contributed by atoms with van der Waals surface area (Å²) in [5, 5.41) is 0. The van der Waals surface area contributed by atoms with Crippen LogP contribution in [0.15, 0.2) is 91.0 Å². The second-order valence-corrected chi connectivity index (χ2v) is 10.6. The van der Waals surface area contributed by atoms with E-state index in [9.17, 15) is 4.79 Å². The molecular formula is C21H18OSSe. The van der Waals surface area contributed by atoms with E-state index < -0.39 is 13.5 Å². The van der Waals surface area contributed by atoms with Crippen molar-refractivity contribution in [3.63, 3.8) is 0 Å². The fourth-order valence-electron chi connectivity index (χ4n) is 2.44. The van der Waals surface area contributed by atoms with Gasteiger partial charge in [0.15, 0.2) is 0 Å². The topological polar surface area (TPSA) is 17.1 Å². The van der Waals surface area contributed by atoms with Gasteiger partial charge in [0.2, 0.25) is 0 Å². The van der Waals surface area contributed by atoms with Gasteiger partial charge in [0.1, 0.15) is 0 Å². The molecule has 3 aromatic carbocycles. The third kappa shape index (κ3) is 3.76. The molecule has 0 aromatic heterocycles. The first kappa shape index (κ1) is 16.9. The van der Waals surface area contributed by atoms with Gasteiger partial charge < -0.3 is 0 Å². The van der Waals surface area contributed by atoms with Crippen LogP contribution in [0.25, 0.3) is 0 Å². The Bertz CT molecular complexity index is 801. The number of ketones is 1. The molecule has 0 fully saturated rings. The van der Waals surface area contributed by atoms with Crippen molar-refractivity contribution in [1.82, 2.24) is 0 Å². The predicted octanol–water partition coefficient (Wildman–Crippen LogP) is 3.25. The van der Waals surface area contributed by atoms with Gasteiger partial charge in [0.25, 0.3) is 0 Å². The summed E-state index contributed by atoms with van der Waals surface area (Å²) < 4.78 is 3.49. The quantitative estimate of drug-likeness (QED) is 0.486. The Balaban J connectivity index is 2.21. The van der Waals surface area contributed by atoms with E-state index in [1.165, 1.54) is 8.92 Å². The standard InChI is InChI=1S/C21H18OSSe/c1-23-21(20(22)17-11-5-2-6-12-17)24(18-13-7-3-8-14-18)19-15-9-4-10-16-19/h2-16H,1H3. The summed E-state index contributed by atoms with van der Waals surface area (Å²) in [4.78, 5) is 13.1. The van der Waals surface area contributed by atoms with Crippen LogP contribution in [0.2, 0.25) is 0 Å². The predicted molar refractivity (Wildman–Crippen MR) is 107 cm³/mol. The molecule has 0 saturated heterocycles. The molecule has 0 amide bonds. The summed E-state index contributed by atoms with van der Waals surface area (Å²) in [5.41, 5.74) is 0.766. The summed E-state index contributed by atoms with van der Waals surface area (Å²) in [7, 11) is 0. The SMILES string of the molecule is CSC(C(=O)c1ccccc1)=[Se](c1ccccc1)c1ccccc1. The average molecular weight is 397 g/mol. The Kier molecular flexibility index (Phi) is 5.81. The Hall–Kier alpha value is -1.93. The molecule has 0 aliphatic carbocycles. The molecule has 120 valence electrons. The molecule has 3 rings (SSSR count). The second kappa shape index (κ2) is 8.25. The molecule has 0 unspecified atom stereocenters. The van der Waals surface area contributed by atoms with Crippen LogP contribution in [0.1, 0.15) is 10.4 Å². The minimum atomic E-state index is -1.59. The normalized spacial score (nSPS) is 10.6. The van der Waals surface area contributed by atoms with Gasteiger partial charge in [-0.15, -0.1) is 0 Å². The monoisotopic (exact) mass is 398 g/mol. The minimum absolute atomic E-state index is 0.154. The molecule has 0 atom stereocenters. The number of hydrogen-bond acceptors (Lipinski definition) is 2. The number of rotatable bonds is 5. The van der Waals surface area contributed by atoms with Gasteiger partial charge in [-0.05, 0) is 0 Å². The number of carbonyl (C=O) groups is 1. The van der Waals surface area contributed by atoms with E-state index in [2.05, 4.69) is 48.5 Å². The van der Waals surface area contributed by atoms with Gasteiger partial charge in [0.05, 0.1) is 0 Å². The molecule has 0 heterocycles. The van der Waals surface area contributed by atoms with E-state index in [1.54, 1.807) is 11.8 Å². The first-order chi connectivity index (χ1) is 11.8. The molecule has 3 heteroatoms. The van der Waals surface area contributed by atoms with Crippen molar-refractivity contribution < 1.29 is 4.79 Å². The molecule has 0 saturated carbocycles. The summed E-state index contributed by atoms with van der Waals surface area (Å²) in [6.45, 7) is 0. The second-order valence-electron chi connectivity index (χ2n) is 5.12. The molecule has 0 spiro atoms. The van der Waals surface area contributed by atoms with E-state index in [0.717, 1.165) is 9.31 Å². The fraction of sp³-hybridized carbons (Fsp3) is 0.0476. The Morgan fingerprint density at radius 2 is 1.12 bits per heavy atom. The van der Waals surface area contributed by atoms with E-state index in [0.29, 0.717) is 0 Å². The Labute approximate surface area is 151 Å². The number of benzene rings is 3. The van der Waals surface area contributed by atoms with Crippen molar-refractivity contribution in [1.29, 1.82) is 0 Å². The van der Waals surface area contributed by atoms with Crippen LogP contribution in [0.5, 0.6) is 0 Å². The Morgan fingerprint density at radius 3 is 1.54 bits per heavy atom. The van der Waals surface area contributed by atoms with Gasteiger partial charge in [-0.2, -0.15) is 0 Å². The molecule has 24 heavy (non-hydrogen) atoms. The van der Waals surface area contributed by atoms with Crippen LogP contribution >= 0.6 is 11.8 Å². The van der Waals surface area contributed by atoms with Crippen LogP contribution in [0, 0.1) is 0 Å². The van der Waals surface area contributed by atoms with Crippen LogP contribution < -0.4 is 8.92 Å². The molecular weight excluding hydrogens is 379 g/mol. The van der Waals surface area contributed by atoms with Crippen molar-refractivity contribution in [3.05, 3.63) is 96.6 Å². The molecule has 0 bridgehead atoms. The van der Waals surface area contributed by atoms with Crippen molar-refractivity contribution >= 4 is 43.7 Å². The summed E-state index contributed by atoms with van der Waals surface area (Å²) >= 11 is 0.00205. The van der Waals surface area contributed by atoms with Crippen LogP contribution in [-0.4, -0.2) is 29.3 Å². The third-order valence-corrected chi connectivity index (χ3v) is 10.3. The van der Waals surface area contributed by atoms with Crippen molar-refractivity contribution in [2.24, 2.45) is 0 Å². The van der Waals surface area contributed by atoms with Crippen molar-refractivity contribution in [2.75, 3.05) is 6.26 Å². The molecule has 0 aliphatic heterocycles. The third-order valence-electron chi connectivity index (χ3n) is 3.55. The first-order valence-electron chi connectivity index (χ1n) is 7.66. The van der Waals surface area contributed by atoms with Gasteiger partial charge in [-0.25, -0.2) is 0 Å². The van der Waals surface area contributed by atoms with Gasteiger partial charge in [0, 0.05) is 0 Å². The van der Waals surface area contributed by atoms with Crippen LogP contribution in [0.4, 0.5) is 0 Å². The maximum absolute atomic E-state index is 13.1. The van der Waals surface area contributed by atoms with Crippen LogP contribution in [0.3, 0.4) is 0 Å². The van der Waals surface area contributed by atoms with Gasteiger partial charge in [-0.3, -0.25) is 0 Å². The molecule has 0 radical (unpaired) electrons. The number of Topliss-reactive ketones (excluding diaryl/α,β-unsaturated/α-hetero) is 1. The Morgan fingerprint density at radius 1 is 0.708 bits per heavy atom. The summed E-state index contributed by atoms with van der Waals surface area (Å²) in [6, 6.07) is 30.4. The van der Waals surface area contributed by atoms with Gasteiger partial charge in [-0.1, -0.05) is 0 Å². The zero-order valence-electron chi connectivity index (χ0n) is 13.4. The molecule has 1 nitrogen and oxygen atoms in total. The fourth-order valence-corrected chi connectivity index (χ4v) is 8.87. The first-order valence-corrected chi connectivity index (χ1v) is 11.5. The summed E-state index contributed by atoms with van der Waals surface area (Å²) in [6.07, 6.45) is 2.01. The zero-order chi connectivity index (χ0) is 16.8. The van der Waals surface area contributed by atoms with Gasteiger partial charge >= 0.3 is 151 Å². The molecule has 3 aromatic rings. The van der Waals surface area contributed by atoms with E-state index in [4.69, 9.17) is 0 Å². The van der Waals surface area contributed by atoms with Crippen LogP contribution in [-0.2, 0) is 0 Å². The van der Waals surface area contributed by atoms with Crippen molar-refractivity contribution in [2.45, 2.75) is 0 Å². The zero-order valence-corrected chi connectivity index (χ0v) is 15.9. The van der Waals surface area contributed by atoms with E-state index in [-0.39, 0.29) is 5.78 Å². The average Bonchev–Trinajstić information content (AvgIpc) is 2.67. The van der Waals surface area contributed by atoms with Crippen molar-refractivity contribution in [3.8, 4) is 0 Å². The van der Waals surface area contributed by atoms with E-state index >= 15 is 0 Å².